The standard InChI is InChI=1S/C17H19NO3/c1-10-3-5-15-12(7-10)13(18)9-17(21-15)11-4-6-16(20-2)14(19)8-11/h3-8,13,17,19H,9,18H2,1-2H3. The van der Waals surface area contributed by atoms with E-state index >= 15 is 0 Å². The fraction of sp³-hybridized carbons (Fsp3) is 0.294. The molecule has 110 valence electrons. The summed E-state index contributed by atoms with van der Waals surface area (Å²) in [5, 5.41) is 9.91. The Balaban J connectivity index is 1.92. The van der Waals surface area contributed by atoms with Gasteiger partial charge in [0.2, 0.25) is 0 Å². The maximum absolute atomic E-state index is 9.91. The van der Waals surface area contributed by atoms with Crippen molar-refractivity contribution in [2.75, 3.05) is 7.11 Å². The lowest BCUT2D eigenvalue weighted by Crippen LogP contribution is -2.24. The number of aryl methyl sites for hydroxylation is 1. The molecule has 2 aromatic carbocycles. The number of hydrogen-bond acceptors (Lipinski definition) is 4. The first-order valence-corrected chi connectivity index (χ1v) is 6.98. The van der Waals surface area contributed by atoms with Crippen LogP contribution in [0.3, 0.4) is 0 Å². The Kier molecular flexibility index (Phi) is 3.47. The lowest BCUT2D eigenvalue weighted by molar-refractivity contribution is 0.161. The largest absolute Gasteiger partial charge is 0.504 e. The minimum absolute atomic E-state index is 0.0668. The van der Waals surface area contributed by atoms with Crippen LogP contribution in [0.15, 0.2) is 36.4 Å². The average Bonchev–Trinajstić information content (AvgIpc) is 2.47. The van der Waals surface area contributed by atoms with Crippen molar-refractivity contribution < 1.29 is 14.6 Å². The number of ether oxygens (including phenoxy) is 2. The van der Waals surface area contributed by atoms with Crippen LogP contribution in [0.25, 0.3) is 0 Å². The van der Waals surface area contributed by atoms with E-state index in [9.17, 15) is 5.11 Å². The highest BCUT2D eigenvalue weighted by Gasteiger charge is 2.27. The van der Waals surface area contributed by atoms with Gasteiger partial charge in [0.25, 0.3) is 0 Å². The van der Waals surface area contributed by atoms with Gasteiger partial charge >= 0.3 is 0 Å². The van der Waals surface area contributed by atoms with Crippen molar-refractivity contribution in [2.24, 2.45) is 5.73 Å². The van der Waals surface area contributed by atoms with E-state index in [2.05, 4.69) is 6.07 Å². The summed E-state index contributed by atoms with van der Waals surface area (Å²) in [5.41, 5.74) is 9.39. The van der Waals surface area contributed by atoms with Crippen LogP contribution in [0.4, 0.5) is 0 Å². The normalized spacial score (nSPS) is 20.5. The Hall–Kier alpha value is -2.20. The maximum atomic E-state index is 9.91. The van der Waals surface area contributed by atoms with Gasteiger partial charge in [0.15, 0.2) is 11.5 Å². The lowest BCUT2D eigenvalue weighted by Gasteiger charge is -2.31. The first-order valence-electron chi connectivity index (χ1n) is 6.98. The van der Waals surface area contributed by atoms with Crippen LogP contribution >= 0.6 is 0 Å². The van der Waals surface area contributed by atoms with Crippen LogP contribution in [0.1, 0.15) is 35.3 Å². The van der Waals surface area contributed by atoms with Gasteiger partial charge in [0.05, 0.1) is 7.11 Å². The number of aromatic hydroxyl groups is 1. The number of hydrogen-bond donors (Lipinski definition) is 2. The number of fused-ring (bicyclic) bond motifs is 1. The van der Waals surface area contributed by atoms with Gasteiger partial charge in [-0.3, -0.25) is 0 Å². The summed E-state index contributed by atoms with van der Waals surface area (Å²) in [7, 11) is 1.53. The number of rotatable bonds is 2. The molecular weight excluding hydrogens is 266 g/mol. The lowest BCUT2D eigenvalue weighted by atomic mass is 9.92. The van der Waals surface area contributed by atoms with E-state index in [0.29, 0.717) is 12.2 Å². The Morgan fingerprint density at radius 1 is 1.24 bits per heavy atom. The van der Waals surface area contributed by atoms with Gasteiger partial charge in [0.1, 0.15) is 11.9 Å². The van der Waals surface area contributed by atoms with Crippen molar-refractivity contribution >= 4 is 0 Å². The third kappa shape index (κ3) is 2.54. The molecule has 0 saturated carbocycles. The van der Waals surface area contributed by atoms with Crippen LogP contribution in [-0.4, -0.2) is 12.2 Å². The molecule has 1 aliphatic heterocycles. The molecule has 2 atom stereocenters. The van der Waals surface area contributed by atoms with Crippen molar-refractivity contribution in [1.29, 1.82) is 0 Å². The van der Waals surface area contributed by atoms with Gasteiger partial charge in [-0.2, -0.15) is 0 Å². The van der Waals surface area contributed by atoms with Crippen molar-refractivity contribution in [1.82, 2.24) is 0 Å². The molecule has 0 fully saturated rings. The second kappa shape index (κ2) is 5.30. The van der Waals surface area contributed by atoms with Crippen LogP contribution in [0.5, 0.6) is 17.2 Å². The van der Waals surface area contributed by atoms with E-state index in [1.807, 2.05) is 25.1 Å². The molecular formula is C17H19NO3. The van der Waals surface area contributed by atoms with Gasteiger partial charge in [0, 0.05) is 18.0 Å². The molecule has 4 nitrogen and oxygen atoms in total. The summed E-state index contributed by atoms with van der Waals surface area (Å²) in [6, 6.07) is 11.3. The second-order valence-corrected chi connectivity index (χ2v) is 5.42. The molecule has 0 spiro atoms. The molecule has 0 aliphatic carbocycles. The van der Waals surface area contributed by atoms with Crippen molar-refractivity contribution in [3.63, 3.8) is 0 Å². The summed E-state index contributed by atoms with van der Waals surface area (Å²) < 4.78 is 11.1. The molecule has 0 bridgehead atoms. The van der Waals surface area contributed by atoms with Crippen LogP contribution in [0.2, 0.25) is 0 Å². The van der Waals surface area contributed by atoms with E-state index in [-0.39, 0.29) is 17.9 Å². The predicted molar refractivity (Wildman–Crippen MR) is 80.8 cm³/mol. The first kappa shape index (κ1) is 13.8. The minimum atomic E-state index is -0.160. The van der Waals surface area contributed by atoms with Crippen LogP contribution in [0, 0.1) is 6.92 Å². The monoisotopic (exact) mass is 285 g/mol. The molecule has 0 amide bonds. The van der Waals surface area contributed by atoms with E-state index in [1.165, 1.54) is 12.7 Å². The highest BCUT2D eigenvalue weighted by atomic mass is 16.5. The van der Waals surface area contributed by atoms with E-state index < -0.39 is 0 Å². The number of benzene rings is 2. The quantitative estimate of drug-likeness (QED) is 0.889. The number of phenols is 1. The molecule has 1 heterocycles. The van der Waals surface area contributed by atoms with Crippen LogP contribution in [-0.2, 0) is 0 Å². The predicted octanol–water partition coefficient (Wildman–Crippen LogP) is 3.23. The molecule has 0 radical (unpaired) electrons. The van der Waals surface area contributed by atoms with Crippen molar-refractivity contribution in [2.45, 2.75) is 25.5 Å². The second-order valence-electron chi connectivity index (χ2n) is 5.42. The molecule has 4 heteroatoms. The van der Waals surface area contributed by atoms with E-state index in [1.54, 1.807) is 12.1 Å². The fourth-order valence-electron chi connectivity index (χ4n) is 2.74. The Morgan fingerprint density at radius 2 is 2.05 bits per heavy atom. The topological polar surface area (TPSA) is 64.7 Å². The molecule has 2 aromatic rings. The third-order valence-corrected chi connectivity index (χ3v) is 3.88. The number of phenolic OH excluding ortho intramolecular Hbond substituents is 1. The van der Waals surface area contributed by atoms with Gasteiger partial charge in [-0.1, -0.05) is 23.8 Å². The molecule has 21 heavy (non-hydrogen) atoms. The molecule has 3 N–H and O–H groups in total. The highest BCUT2D eigenvalue weighted by molar-refractivity contribution is 5.45. The molecule has 0 aromatic heterocycles. The van der Waals surface area contributed by atoms with E-state index in [4.69, 9.17) is 15.2 Å². The SMILES string of the molecule is COc1ccc(C2CC(N)c3cc(C)ccc3O2)cc1O. The Bertz CT molecular complexity index is 669. The summed E-state index contributed by atoms with van der Waals surface area (Å²) in [6.45, 7) is 2.04. The maximum Gasteiger partial charge on any atom is 0.160 e. The minimum Gasteiger partial charge on any atom is -0.504 e. The van der Waals surface area contributed by atoms with E-state index in [0.717, 1.165) is 16.9 Å². The Morgan fingerprint density at radius 3 is 2.76 bits per heavy atom. The zero-order valence-corrected chi connectivity index (χ0v) is 12.2. The average molecular weight is 285 g/mol. The van der Waals surface area contributed by atoms with Crippen molar-refractivity contribution in [3.8, 4) is 17.2 Å². The molecule has 1 aliphatic rings. The van der Waals surface area contributed by atoms with Gasteiger partial charge in [-0.05, 0) is 30.7 Å². The molecule has 2 unspecified atom stereocenters. The number of nitrogens with two attached hydrogens (primary N) is 1. The summed E-state index contributed by atoms with van der Waals surface area (Å²) in [5.74, 6) is 1.39. The molecule has 0 saturated heterocycles. The summed E-state index contributed by atoms with van der Waals surface area (Å²) in [4.78, 5) is 0. The number of methoxy groups -OCH3 is 1. The highest BCUT2D eigenvalue weighted by Crippen LogP contribution is 2.41. The molecule has 3 rings (SSSR count). The summed E-state index contributed by atoms with van der Waals surface area (Å²) in [6.07, 6.45) is 0.523. The van der Waals surface area contributed by atoms with Gasteiger partial charge in [-0.15, -0.1) is 0 Å². The van der Waals surface area contributed by atoms with Gasteiger partial charge < -0.3 is 20.3 Å². The smallest absolute Gasteiger partial charge is 0.160 e. The van der Waals surface area contributed by atoms with Crippen LogP contribution < -0.4 is 15.2 Å². The zero-order valence-electron chi connectivity index (χ0n) is 12.2. The summed E-state index contributed by atoms with van der Waals surface area (Å²) >= 11 is 0. The zero-order chi connectivity index (χ0) is 15.0. The third-order valence-electron chi connectivity index (χ3n) is 3.88. The Labute approximate surface area is 124 Å². The van der Waals surface area contributed by atoms with Crippen molar-refractivity contribution in [3.05, 3.63) is 53.1 Å². The fourth-order valence-corrected chi connectivity index (χ4v) is 2.74. The van der Waals surface area contributed by atoms with Gasteiger partial charge in [-0.25, -0.2) is 0 Å². The first-order chi connectivity index (χ1) is 10.1.